The van der Waals surface area contributed by atoms with E-state index in [2.05, 4.69) is 20.8 Å². The summed E-state index contributed by atoms with van der Waals surface area (Å²) in [5, 5.41) is 22.5. The largest absolute Gasteiger partial charge is 1.00 e. The molecule has 0 bridgehead atoms. The maximum Gasteiger partial charge on any atom is 1.00 e. The van der Waals surface area contributed by atoms with Crippen molar-refractivity contribution in [2.24, 2.45) is 15.3 Å². The van der Waals surface area contributed by atoms with Crippen LogP contribution >= 0.6 is 0 Å². The first-order chi connectivity index (χ1) is 15.2. The number of carbonyl (C=O) groups excluding carboxylic acids is 1. The molecule has 10 nitrogen and oxygen atoms in total. The van der Waals surface area contributed by atoms with Gasteiger partial charge in [0.25, 0.3) is 10.1 Å². The van der Waals surface area contributed by atoms with Crippen LogP contribution in [0.5, 0.6) is 5.75 Å². The van der Waals surface area contributed by atoms with Crippen LogP contribution in [-0.2, 0) is 27.2 Å². The summed E-state index contributed by atoms with van der Waals surface area (Å²) >= 11 is 0. The molecule has 0 fully saturated rings. The van der Waals surface area contributed by atoms with Crippen molar-refractivity contribution < 1.29 is 45.4 Å². The number of carbonyl (C=O) groups is 1. The zero-order chi connectivity index (χ0) is 23.3. The van der Waals surface area contributed by atoms with Crippen LogP contribution in [0.3, 0.4) is 0 Å². The molecule has 0 spiro atoms. The Hall–Kier alpha value is -3.41. The molecule has 0 atom stereocenters. The van der Waals surface area contributed by atoms with E-state index < -0.39 is 15.0 Å². The van der Waals surface area contributed by atoms with Crippen LogP contribution in [-0.4, -0.2) is 35.7 Å². The second kappa shape index (κ2) is 12.2. The number of hydrogen-bond acceptors (Lipinski definition) is 6. The number of aryl methyl sites for hydroxylation is 2. The molecule has 0 saturated carbocycles. The summed E-state index contributed by atoms with van der Waals surface area (Å²) in [6, 6.07) is 15.9. The van der Waals surface area contributed by atoms with Gasteiger partial charge in [0.05, 0.1) is 10.6 Å². The molecule has 0 heterocycles. The minimum absolute atomic E-state index is 0. The number of aromatic hydroxyl groups is 1. The molecule has 34 heavy (non-hydrogen) atoms. The number of hydrogen-bond donors (Lipinski definition) is 2. The fourth-order valence-corrected chi connectivity index (χ4v) is 3.32. The van der Waals surface area contributed by atoms with Gasteiger partial charge in [-0.3, -0.25) is 9.35 Å². The van der Waals surface area contributed by atoms with Crippen LogP contribution in [0.4, 0.5) is 11.4 Å². The summed E-state index contributed by atoms with van der Waals surface area (Å²) < 4.78 is 32.3. The molecular weight excluding hydrogens is 512 g/mol. The molecule has 182 valence electrons. The van der Waals surface area contributed by atoms with Crippen molar-refractivity contribution in [3.05, 3.63) is 88.3 Å². The molecule has 4 N–H and O–H groups in total. The molecule has 3 aromatic carbocycles. The predicted octanol–water partition coefficient (Wildman–Crippen LogP) is 4.39. The monoisotopic (exact) mass is 532 g/mol. The minimum atomic E-state index is -4.51. The average Bonchev–Trinajstić information content (AvgIpc) is 2.76. The summed E-state index contributed by atoms with van der Waals surface area (Å²) in [5.41, 5.74) is 6.06. The van der Waals surface area contributed by atoms with Gasteiger partial charge in [0, 0.05) is 11.1 Å². The number of amidine groups is 1. The molecule has 3 aromatic rings. The van der Waals surface area contributed by atoms with Crippen molar-refractivity contribution in [2.75, 3.05) is 0 Å². The standard InChI is InChI=1S/C22H20N4O5S.Cu.H2O/c1-14-8-9-19(17(10-14)13-27)23-25-22(16-6-4-3-5-7-16)26-24-20-12-18(32(29,30)31)11-15(2)21(20)28;;/h3-13H,1-2H3,(H3,23,24,25,26,27,28,29,30,31);;1H2/q;+1;/p-1. The second-order valence-electron chi connectivity index (χ2n) is 6.85. The third-order valence-electron chi connectivity index (χ3n) is 4.40. The summed E-state index contributed by atoms with van der Waals surface area (Å²) in [6.45, 7) is 3.31. The predicted molar refractivity (Wildman–Crippen MR) is 123 cm³/mol. The summed E-state index contributed by atoms with van der Waals surface area (Å²) in [5.74, 6) is -0.246. The van der Waals surface area contributed by atoms with Gasteiger partial charge >= 0.3 is 17.1 Å². The maximum atomic E-state index is 11.5. The Morgan fingerprint density at radius 1 is 1.03 bits per heavy atom. The van der Waals surface area contributed by atoms with Crippen molar-refractivity contribution in [3.8, 4) is 5.75 Å². The van der Waals surface area contributed by atoms with Gasteiger partial charge in [0.1, 0.15) is 5.75 Å². The molecule has 0 aliphatic carbocycles. The van der Waals surface area contributed by atoms with Crippen LogP contribution in [0.15, 0.2) is 80.9 Å². The van der Waals surface area contributed by atoms with Crippen LogP contribution in [0.25, 0.3) is 5.43 Å². The van der Waals surface area contributed by atoms with E-state index in [1.165, 1.54) is 6.92 Å². The Kier molecular flexibility index (Phi) is 10.2. The van der Waals surface area contributed by atoms with E-state index in [4.69, 9.17) is 0 Å². The Morgan fingerprint density at radius 2 is 1.71 bits per heavy atom. The molecule has 0 amide bonds. The van der Waals surface area contributed by atoms with E-state index in [-0.39, 0.29) is 45.4 Å². The van der Waals surface area contributed by atoms with E-state index >= 15 is 0 Å². The van der Waals surface area contributed by atoms with Gasteiger partial charge in [-0.2, -0.15) is 8.42 Å². The molecule has 0 aromatic heterocycles. The van der Waals surface area contributed by atoms with Crippen LogP contribution in [0.2, 0.25) is 0 Å². The number of phenolic OH excluding ortho intramolecular Hbond substituents is 1. The molecule has 3 rings (SSSR count). The summed E-state index contributed by atoms with van der Waals surface area (Å²) in [4.78, 5) is 10.9. The maximum absolute atomic E-state index is 11.5. The van der Waals surface area contributed by atoms with Gasteiger partial charge in [-0.25, -0.2) is 0 Å². The number of rotatable bonds is 6. The topological polar surface area (TPSA) is 174 Å². The normalized spacial score (nSPS) is 11.4. The number of azo groups is 1. The fourth-order valence-electron chi connectivity index (χ4n) is 2.74. The van der Waals surface area contributed by atoms with Gasteiger partial charge < -0.3 is 21.1 Å². The third kappa shape index (κ3) is 7.04. The Bertz CT molecular complexity index is 1330. The quantitative estimate of drug-likeness (QED) is 0.0908. The number of phenols is 1. The molecule has 0 saturated heterocycles. The van der Waals surface area contributed by atoms with E-state index in [1.54, 1.807) is 48.5 Å². The molecule has 0 aliphatic heterocycles. The van der Waals surface area contributed by atoms with Crippen molar-refractivity contribution >= 4 is 33.6 Å². The van der Waals surface area contributed by atoms with Crippen LogP contribution in [0.1, 0.15) is 27.0 Å². The number of nitrogens with zero attached hydrogens (tertiary/aromatic N) is 4. The van der Waals surface area contributed by atoms with Gasteiger partial charge in [-0.1, -0.05) is 53.7 Å². The SMILES string of the molecule is Cc1ccc(N=NC(=N[N-]c2cc(S(=O)(=O)O)cc(C)c2O)c2ccccc2)c(C=O)c1.O.[Cu+]. The molecule has 12 heteroatoms. The third-order valence-corrected chi connectivity index (χ3v) is 5.23. The smallest absolute Gasteiger partial charge is 0.571 e. The first-order valence-corrected chi connectivity index (χ1v) is 10.8. The minimum Gasteiger partial charge on any atom is -0.571 e. The van der Waals surface area contributed by atoms with Crippen molar-refractivity contribution in [1.29, 1.82) is 0 Å². The first-order valence-electron chi connectivity index (χ1n) is 9.32. The van der Waals surface area contributed by atoms with Gasteiger partial charge in [-0.15, -0.1) is 10.2 Å². The second-order valence-corrected chi connectivity index (χ2v) is 8.27. The van der Waals surface area contributed by atoms with E-state index in [9.17, 15) is 22.9 Å². The van der Waals surface area contributed by atoms with Gasteiger partial charge in [0.2, 0.25) is 0 Å². The van der Waals surface area contributed by atoms with E-state index in [0.29, 0.717) is 23.1 Å². The average molecular weight is 533 g/mol. The van der Waals surface area contributed by atoms with Crippen molar-refractivity contribution in [1.82, 2.24) is 0 Å². The summed E-state index contributed by atoms with van der Waals surface area (Å²) in [6.07, 6.45) is 0.673. The number of aldehydes is 1. The Morgan fingerprint density at radius 3 is 2.32 bits per heavy atom. The molecule has 0 radical (unpaired) electrons. The number of benzene rings is 3. The zero-order valence-corrected chi connectivity index (χ0v) is 19.7. The van der Waals surface area contributed by atoms with Gasteiger partial charge in [-0.05, 0) is 37.6 Å². The van der Waals surface area contributed by atoms with Crippen molar-refractivity contribution in [2.45, 2.75) is 18.7 Å². The molecule has 0 aliphatic rings. The van der Waals surface area contributed by atoms with Gasteiger partial charge in [0.15, 0.2) is 12.1 Å². The first kappa shape index (κ1) is 28.6. The van der Waals surface area contributed by atoms with Crippen molar-refractivity contribution in [3.63, 3.8) is 0 Å². The molecular formula is C22H21CuN4O6S. The van der Waals surface area contributed by atoms with E-state index in [0.717, 1.165) is 17.7 Å². The van der Waals surface area contributed by atoms with Crippen LogP contribution in [0, 0.1) is 13.8 Å². The fraction of sp³-hybridized carbons (Fsp3) is 0.0909. The zero-order valence-electron chi connectivity index (χ0n) is 18.0. The van der Waals surface area contributed by atoms with Crippen LogP contribution < -0.4 is 0 Å². The summed E-state index contributed by atoms with van der Waals surface area (Å²) in [7, 11) is -4.51. The Balaban J connectivity index is 0.00000289. The molecule has 0 unspecified atom stereocenters. The van der Waals surface area contributed by atoms with E-state index in [1.807, 2.05) is 6.92 Å². The Labute approximate surface area is 207 Å².